The molecule has 3 aromatic heterocycles. The van der Waals surface area contributed by atoms with Gasteiger partial charge in [0.1, 0.15) is 11.5 Å². The van der Waals surface area contributed by atoms with Crippen molar-refractivity contribution in [3.05, 3.63) is 164 Å². The van der Waals surface area contributed by atoms with Gasteiger partial charge < -0.3 is 4.57 Å². The first-order chi connectivity index (χ1) is 23.8. The van der Waals surface area contributed by atoms with Crippen molar-refractivity contribution in [3.8, 4) is 56.2 Å². The first-order valence-corrected chi connectivity index (χ1v) is 16.5. The fourth-order valence-electron chi connectivity index (χ4n) is 7.03. The van der Waals surface area contributed by atoms with Crippen LogP contribution >= 0.6 is 0 Å². The van der Waals surface area contributed by atoms with E-state index in [-0.39, 0.29) is 0 Å². The van der Waals surface area contributed by atoms with Gasteiger partial charge in [-0.2, -0.15) is 5.10 Å². The molecule has 3 heterocycles. The van der Waals surface area contributed by atoms with E-state index in [0.29, 0.717) is 0 Å². The number of aryl methyl sites for hydroxylation is 1. The summed E-state index contributed by atoms with van der Waals surface area (Å²) in [6.45, 7) is 3.04. The molecule has 4 nitrogen and oxygen atoms in total. The summed E-state index contributed by atoms with van der Waals surface area (Å²) >= 11 is 0. The van der Waals surface area contributed by atoms with Gasteiger partial charge in [0.05, 0.1) is 22.2 Å². The molecule has 0 bridgehead atoms. The highest BCUT2D eigenvalue weighted by Crippen LogP contribution is 2.41. The molecule has 0 unspecified atom stereocenters. The summed E-state index contributed by atoms with van der Waals surface area (Å²) in [5.74, 6) is 1.00. The number of fused-ring (bicyclic) bond motifs is 4. The monoisotopic (exact) mass is 616 g/mol. The largest absolute Gasteiger partial charge is 0.324 e. The van der Waals surface area contributed by atoms with Gasteiger partial charge >= 0.3 is 0 Å². The van der Waals surface area contributed by atoms with Crippen LogP contribution in [0.4, 0.5) is 0 Å². The Labute approximate surface area is 279 Å². The fraction of sp³-hybridized carbons (Fsp3) is 0.0455. The second-order valence-corrected chi connectivity index (χ2v) is 12.2. The normalized spacial score (nSPS) is 11.5. The zero-order valence-corrected chi connectivity index (χ0v) is 26.6. The molecule has 48 heavy (non-hydrogen) atoms. The maximum Gasteiger partial charge on any atom is 0.141 e. The number of aromatic nitrogens is 4. The smallest absolute Gasteiger partial charge is 0.141 e. The maximum absolute atomic E-state index is 5.34. The maximum atomic E-state index is 5.34. The van der Waals surface area contributed by atoms with Crippen LogP contribution in [0.1, 0.15) is 6.92 Å². The highest BCUT2D eigenvalue weighted by Gasteiger charge is 2.21. The Kier molecular flexibility index (Phi) is 6.72. The van der Waals surface area contributed by atoms with E-state index in [1.54, 1.807) is 0 Å². The third-order valence-corrected chi connectivity index (χ3v) is 9.36. The Hall–Kier alpha value is -6.26. The van der Waals surface area contributed by atoms with Crippen LogP contribution < -0.4 is 0 Å². The van der Waals surface area contributed by atoms with E-state index < -0.39 is 0 Å². The Morgan fingerprint density at radius 1 is 0.521 bits per heavy atom. The molecule has 228 valence electrons. The fourth-order valence-corrected chi connectivity index (χ4v) is 7.03. The molecule has 9 rings (SSSR count). The Balaban J connectivity index is 1.18. The van der Waals surface area contributed by atoms with Crippen molar-refractivity contribution in [1.29, 1.82) is 0 Å². The van der Waals surface area contributed by atoms with E-state index in [9.17, 15) is 0 Å². The SMILES string of the molecule is CCn1c(-c2ccc(-c3ccc(-c4c(-c5ccccc5)nn5c(-c6ccccc6)cc6ccccc6c45)cc3)cc2)nc2ccccc21. The summed E-state index contributed by atoms with van der Waals surface area (Å²) in [6, 6.07) is 58.0. The number of pyridine rings is 1. The zero-order chi connectivity index (χ0) is 32.0. The van der Waals surface area contributed by atoms with Gasteiger partial charge in [0.15, 0.2) is 0 Å². The molecule has 9 aromatic rings. The topological polar surface area (TPSA) is 35.1 Å². The summed E-state index contributed by atoms with van der Waals surface area (Å²) in [6.07, 6.45) is 0. The minimum absolute atomic E-state index is 0.871. The predicted molar refractivity (Wildman–Crippen MR) is 199 cm³/mol. The number of rotatable bonds is 6. The van der Waals surface area contributed by atoms with Crippen molar-refractivity contribution < 1.29 is 0 Å². The number of para-hydroxylation sites is 2. The minimum atomic E-state index is 0.871. The molecule has 0 aliphatic carbocycles. The molecule has 0 atom stereocenters. The number of hydrogen-bond donors (Lipinski definition) is 0. The lowest BCUT2D eigenvalue weighted by Crippen LogP contribution is -1.97. The highest BCUT2D eigenvalue weighted by atomic mass is 15.2. The molecule has 0 aliphatic rings. The Morgan fingerprint density at radius 2 is 1.10 bits per heavy atom. The van der Waals surface area contributed by atoms with Gasteiger partial charge in [-0.15, -0.1) is 0 Å². The van der Waals surface area contributed by atoms with Crippen LogP contribution in [0.3, 0.4) is 0 Å². The van der Waals surface area contributed by atoms with Crippen molar-refractivity contribution in [1.82, 2.24) is 19.2 Å². The van der Waals surface area contributed by atoms with Crippen molar-refractivity contribution in [2.75, 3.05) is 0 Å². The molecule has 0 radical (unpaired) electrons. The van der Waals surface area contributed by atoms with Crippen LogP contribution in [0.2, 0.25) is 0 Å². The van der Waals surface area contributed by atoms with Gasteiger partial charge in [-0.1, -0.05) is 146 Å². The Bertz CT molecular complexity index is 2560. The highest BCUT2D eigenvalue weighted by molar-refractivity contribution is 6.08. The van der Waals surface area contributed by atoms with E-state index in [0.717, 1.165) is 62.6 Å². The van der Waals surface area contributed by atoms with E-state index in [1.807, 2.05) is 6.07 Å². The molecule has 4 heteroatoms. The molecule has 0 saturated carbocycles. The molecule has 0 N–H and O–H groups in total. The molecule has 0 fully saturated rings. The third kappa shape index (κ3) is 4.61. The average Bonchev–Trinajstić information content (AvgIpc) is 3.75. The van der Waals surface area contributed by atoms with Gasteiger partial charge in [-0.25, -0.2) is 9.50 Å². The minimum Gasteiger partial charge on any atom is -0.324 e. The molecule has 0 aliphatic heterocycles. The van der Waals surface area contributed by atoms with Crippen molar-refractivity contribution >= 4 is 27.3 Å². The zero-order valence-electron chi connectivity index (χ0n) is 26.6. The summed E-state index contributed by atoms with van der Waals surface area (Å²) in [4.78, 5) is 4.96. The number of benzene rings is 6. The summed E-state index contributed by atoms with van der Waals surface area (Å²) in [5.41, 5.74) is 13.3. The van der Waals surface area contributed by atoms with Gasteiger partial charge in [-0.05, 0) is 47.2 Å². The number of nitrogens with zero attached hydrogens (tertiary/aromatic N) is 4. The lowest BCUT2D eigenvalue weighted by atomic mass is 9.95. The van der Waals surface area contributed by atoms with Crippen LogP contribution in [0, 0.1) is 0 Å². The van der Waals surface area contributed by atoms with Gasteiger partial charge in [0.25, 0.3) is 0 Å². The predicted octanol–water partition coefficient (Wildman–Crippen LogP) is 11.2. The molecule has 6 aromatic carbocycles. The lowest BCUT2D eigenvalue weighted by Gasteiger charge is -2.11. The van der Waals surface area contributed by atoms with Crippen LogP contribution in [-0.2, 0) is 6.54 Å². The van der Waals surface area contributed by atoms with Crippen LogP contribution in [-0.4, -0.2) is 19.2 Å². The summed E-state index contributed by atoms with van der Waals surface area (Å²) in [5, 5.41) is 7.72. The number of hydrogen-bond acceptors (Lipinski definition) is 2. The first-order valence-electron chi connectivity index (χ1n) is 16.5. The summed E-state index contributed by atoms with van der Waals surface area (Å²) < 4.78 is 4.43. The first kappa shape index (κ1) is 28.0. The van der Waals surface area contributed by atoms with Crippen molar-refractivity contribution in [3.63, 3.8) is 0 Å². The molecule has 0 amide bonds. The van der Waals surface area contributed by atoms with Crippen molar-refractivity contribution in [2.45, 2.75) is 13.5 Å². The van der Waals surface area contributed by atoms with Crippen molar-refractivity contribution in [2.24, 2.45) is 0 Å². The second-order valence-electron chi connectivity index (χ2n) is 12.2. The summed E-state index contributed by atoms with van der Waals surface area (Å²) in [7, 11) is 0. The Morgan fingerprint density at radius 3 is 1.81 bits per heavy atom. The molecule has 0 saturated heterocycles. The molecular weight excluding hydrogens is 585 g/mol. The average molecular weight is 617 g/mol. The number of imidazole rings is 1. The van der Waals surface area contributed by atoms with Gasteiger partial charge in [-0.3, -0.25) is 0 Å². The third-order valence-electron chi connectivity index (χ3n) is 9.36. The van der Waals surface area contributed by atoms with Gasteiger partial charge in [0.2, 0.25) is 0 Å². The van der Waals surface area contributed by atoms with E-state index in [2.05, 4.69) is 174 Å². The van der Waals surface area contributed by atoms with Crippen LogP contribution in [0.15, 0.2) is 164 Å². The van der Waals surface area contributed by atoms with E-state index in [1.165, 1.54) is 27.4 Å². The van der Waals surface area contributed by atoms with E-state index >= 15 is 0 Å². The van der Waals surface area contributed by atoms with Gasteiger partial charge in [0, 0.05) is 34.2 Å². The lowest BCUT2D eigenvalue weighted by molar-refractivity contribution is 0.796. The standard InChI is InChI=1S/C44H32N4/c1-2-47-39-20-12-11-19-38(39)45-44(47)35-27-23-31(24-28-35)30-21-25-33(26-22-30)41-42(34-15-7-4-8-16-34)46-48-40(32-13-5-3-6-14-32)29-36-17-9-10-18-37(36)43(41)48/h3-29H,2H2,1H3. The van der Waals surface area contributed by atoms with Crippen LogP contribution in [0.5, 0.6) is 0 Å². The second kappa shape index (κ2) is 11.5. The van der Waals surface area contributed by atoms with Crippen LogP contribution in [0.25, 0.3) is 83.5 Å². The molecule has 0 spiro atoms. The quantitative estimate of drug-likeness (QED) is 0.186. The molecular formula is C44H32N4. The van der Waals surface area contributed by atoms with E-state index in [4.69, 9.17) is 10.1 Å².